The molecule has 0 heterocycles. The monoisotopic (exact) mass is 310 g/mol. The van der Waals surface area contributed by atoms with Crippen molar-refractivity contribution in [3.8, 4) is 0 Å². The smallest absolute Gasteiger partial charge is 0.153 e. The number of benzene rings is 1. The van der Waals surface area contributed by atoms with E-state index in [9.17, 15) is 8.42 Å². The van der Waals surface area contributed by atoms with E-state index in [2.05, 4.69) is 31.8 Å². The standard InChI is InChI=1S/C16H26O2SSi/c1-15(10-11-16-8-6-5-7-9-16)14-19(17,18)12-13-20(2,3)4/h5-10H,11-14H2,1-4H3/b15-10+. The van der Waals surface area contributed by atoms with Crippen LogP contribution in [0.3, 0.4) is 0 Å². The van der Waals surface area contributed by atoms with Gasteiger partial charge in [-0.2, -0.15) is 0 Å². The predicted molar refractivity (Wildman–Crippen MR) is 90.7 cm³/mol. The molecule has 2 nitrogen and oxygen atoms in total. The zero-order valence-electron chi connectivity index (χ0n) is 13.0. The molecule has 1 aromatic carbocycles. The largest absolute Gasteiger partial charge is 0.229 e. The Labute approximate surface area is 124 Å². The van der Waals surface area contributed by atoms with Crippen molar-refractivity contribution in [3.63, 3.8) is 0 Å². The molecule has 1 aromatic rings. The molecule has 0 fully saturated rings. The summed E-state index contributed by atoms with van der Waals surface area (Å²) < 4.78 is 24.2. The minimum absolute atomic E-state index is 0.199. The minimum atomic E-state index is -2.95. The molecular weight excluding hydrogens is 284 g/mol. The van der Waals surface area contributed by atoms with Crippen molar-refractivity contribution < 1.29 is 8.42 Å². The fourth-order valence-corrected chi connectivity index (χ4v) is 6.50. The lowest BCUT2D eigenvalue weighted by Crippen LogP contribution is -2.25. The average Bonchev–Trinajstić information content (AvgIpc) is 2.34. The van der Waals surface area contributed by atoms with Crippen molar-refractivity contribution in [1.29, 1.82) is 0 Å². The zero-order valence-corrected chi connectivity index (χ0v) is 14.8. The van der Waals surface area contributed by atoms with Crippen LogP contribution in [0.25, 0.3) is 0 Å². The van der Waals surface area contributed by atoms with Crippen LogP contribution in [0.15, 0.2) is 42.0 Å². The Bertz CT molecular complexity index is 540. The van der Waals surface area contributed by atoms with E-state index >= 15 is 0 Å². The first-order chi connectivity index (χ1) is 9.18. The second kappa shape index (κ2) is 7.23. The van der Waals surface area contributed by atoms with Gasteiger partial charge in [-0.1, -0.05) is 61.6 Å². The van der Waals surface area contributed by atoms with E-state index in [-0.39, 0.29) is 5.75 Å². The fraction of sp³-hybridized carbons (Fsp3) is 0.500. The Morgan fingerprint density at radius 1 is 1.15 bits per heavy atom. The molecule has 0 amide bonds. The van der Waals surface area contributed by atoms with E-state index in [1.807, 2.05) is 31.2 Å². The first-order valence-corrected chi connectivity index (χ1v) is 12.6. The highest BCUT2D eigenvalue weighted by Gasteiger charge is 2.19. The SMILES string of the molecule is C/C(=C\Cc1ccccc1)CS(=O)(=O)CC[Si](C)(C)C. The summed E-state index contributed by atoms with van der Waals surface area (Å²) in [6, 6.07) is 11.0. The van der Waals surface area contributed by atoms with Crippen molar-refractivity contribution in [2.45, 2.75) is 39.0 Å². The lowest BCUT2D eigenvalue weighted by atomic mass is 10.1. The Hall–Kier alpha value is -0.873. The van der Waals surface area contributed by atoms with Gasteiger partial charge in [-0.3, -0.25) is 0 Å². The number of allylic oxidation sites excluding steroid dienone is 1. The van der Waals surface area contributed by atoms with Crippen LogP contribution in [-0.4, -0.2) is 28.0 Å². The van der Waals surface area contributed by atoms with Gasteiger partial charge in [-0.25, -0.2) is 8.42 Å². The summed E-state index contributed by atoms with van der Waals surface area (Å²) in [5.41, 5.74) is 2.16. The van der Waals surface area contributed by atoms with Crippen molar-refractivity contribution >= 4 is 17.9 Å². The third kappa shape index (κ3) is 7.65. The van der Waals surface area contributed by atoms with Crippen molar-refractivity contribution in [2.24, 2.45) is 0 Å². The average molecular weight is 311 g/mol. The first-order valence-electron chi connectivity index (χ1n) is 7.08. The van der Waals surface area contributed by atoms with Crippen LogP contribution >= 0.6 is 0 Å². The van der Waals surface area contributed by atoms with E-state index in [0.29, 0.717) is 5.75 Å². The zero-order chi connectivity index (χ0) is 15.2. The molecule has 20 heavy (non-hydrogen) atoms. The molecule has 4 heteroatoms. The normalized spacial score (nSPS) is 13.5. The molecule has 0 aliphatic heterocycles. The molecule has 0 aliphatic rings. The van der Waals surface area contributed by atoms with Crippen LogP contribution in [0, 0.1) is 0 Å². The van der Waals surface area contributed by atoms with Crippen LogP contribution in [0.1, 0.15) is 12.5 Å². The van der Waals surface area contributed by atoms with Crippen LogP contribution in [0.4, 0.5) is 0 Å². The third-order valence-electron chi connectivity index (χ3n) is 3.14. The maximum Gasteiger partial charge on any atom is 0.153 e. The fourth-order valence-electron chi connectivity index (χ4n) is 1.85. The molecule has 0 aromatic heterocycles. The number of hydrogen-bond donors (Lipinski definition) is 0. The second-order valence-corrected chi connectivity index (χ2v) is 14.4. The molecule has 0 aliphatic carbocycles. The Kier molecular flexibility index (Phi) is 6.21. The van der Waals surface area contributed by atoms with Crippen LogP contribution in [0.5, 0.6) is 0 Å². The predicted octanol–water partition coefficient (Wildman–Crippen LogP) is 3.93. The van der Waals surface area contributed by atoms with Crippen molar-refractivity contribution in [1.82, 2.24) is 0 Å². The van der Waals surface area contributed by atoms with Crippen LogP contribution in [0.2, 0.25) is 25.7 Å². The van der Waals surface area contributed by atoms with Crippen molar-refractivity contribution in [2.75, 3.05) is 11.5 Å². The Morgan fingerprint density at radius 2 is 1.75 bits per heavy atom. The second-order valence-electron chi connectivity index (χ2n) is 6.64. The molecule has 0 atom stereocenters. The summed E-state index contributed by atoms with van der Waals surface area (Å²) in [4.78, 5) is 0. The summed E-state index contributed by atoms with van der Waals surface area (Å²) in [6.45, 7) is 8.54. The Balaban J connectivity index is 2.54. The highest BCUT2D eigenvalue weighted by Crippen LogP contribution is 2.12. The van der Waals surface area contributed by atoms with Crippen molar-refractivity contribution in [3.05, 3.63) is 47.5 Å². The quantitative estimate of drug-likeness (QED) is 0.565. The lowest BCUT2D eigenvalue weighted by molar-refractivity contribution is 0.599. The first kappa shape index (κ1) is 17.2. The Morgan fingerprint density at radius 3 is 2.30 bits per heavy atom. The van der Waals surface area contributed by atoms with Gasteiger partial charge in [0.15, 0.2) is 9.84 Å². The van der Waals surface area contributed by atoms with Gasteiger partial charge in [0.05, 0.1) is 5.75 Å². The van der Waals surface area contributed by atoms with Gasteiger partial charge in [0.1, 0.15) is 0 Å². The highest BCUT2D eigenvalue weighted by molar-refractivity contribution is 7.91. The van der Waals surface area contributed by atoms with E-state index in [1.165, 1.54) is 5.56 Å². The topological polar surface area (TPSA) is 34.1 Å². The van der Waals surface area contributed by atoms with E-state index in [1.54, 1.807) is 0 Å². The minimum Gasteiger partial charge on any atom is -0.229 e. The molecular formula is C16H26O2SSi. The molecule has 0 radical (unpaired) electrons. The van der Waals surface area contributed by atoms with E-state index in [0.717, 1.165) is 18.0 Å². The highest BCUT2D eigenvalue weighted by atomic mass is 32.2. The number of sulfone groups is 1. The summed E-state index contributed by atoms with van der Waals surface area (Å²) in [5, 5.41) is 0. The lowest BCUT2D eigenvalue weighted by Gasteiger charge is -2.15. The molecule has 0 bridgehead atoms. The maximum atomic E-state index is 12.1. The summed E-state index contributed by atoms with van der Waals surface area (Å²) in [5.74, 6) is 0.531. The molecule has 0 saturated heterocycles. The molecule has 0 spiro atoms. The van der Waals surface area contributed by atoms with Gasteiger partial charge in [-0.05, 0) is 25.0 Å². The number of rotatable bonds is 7. The van der Waals surface area contributed by atoms with Gasteiger partial charge >= 0.3 is 0 Å². The van der Waals surface area contributed by atoms with Crippen LogP contribution < -0.4 is 0 Å². The molecule has 1 rings (SSSR count). The van der Waals surface area contributed by atoms with Gasteiger partial charge in [-0.15, -0.1) is 0 Å². The van der Waals surface area contributed by atoms with E-state index < -0.39 is 17.9 Å². The summed E-state index contributed by atoms with van der Waals surface area (Å²) in [6.07, 6.45) is 2.83. The van der Waals surface area contributed by atoms with Gasteiger partial charge < -0.3 is 0 Å². The third-order valence-corrected chi connectivity index (χ3v) is 6.97. The van der Waals surface area contributed by atoms with E-state index in [4.69, 9.17) is 0 Å². The molecule has 112 valence electrons. The molecule has 0 N–H and O–H groups in total. The molecule has 0 saturated carbocycles. The number of hydrogen-bond acceptors (Lipinski definition) is 2. The maximum absolute atomic E-state index is 12.1. The summed E-state index contributed by atoms with van der Waals surface area (Å²) in [7, 11) is -4.24. The van der Waals surface area contributed by atoms with Gasteiger partial charge in [0.2, 0.25) is 0 Å². The van der Waals surface area contributed by atoms with Gasteiger partial charge in [0, 0.05) is 13.8 Å². The van der Waals surface area contributed by atoms with Crippen LogP contribution in [-0.2, 0) is 16.3 Å². The summed E-state index contributed by atoms with van der Waals surface area (Å²) >= 11 is 0. The van der Waals surface area contributed by atoms with Gasteiger partial charge in [0.25, 0.3) is 0 Å². The molecule has 0 unspecified atom stereocenters.